The van der Waals surface area contributed by atoms with E-state index in [1.807, 2.05) is 30.3 Å². The van der Waals surface area contributed by atoms with Crippen LogP contribution >= 0.6 is 11.3 Å². The van der Waals surface area contributed by atoms with Crippen LogP contribution in [0.2, 0.25) is 0 Å². The van der Waals surface area contributed by atoms with E-state index < -0.39 is 0 Å². The minimum absolute atomic E-state index is 0.246. The van der Waals surface area contributed by atoms with Gasteiger partial charge >= 0.3 is 0 Å². The molecular formula is C21H19N5O3S. The first-order valence-corrected chi connectivity index (χ1v) is 10.4. The van der Waals surface area contributed by atoms with Crippen LogP contribution in [0.25, 0.3) is 22.7 Å². The van der Waals surface area contributed by atoms with Gasteiger partial charge in [-0.15, -0.1) is 11.3 Å². The zero-order valence-corrected chi connectivity index (χ0v) is 17.3. The Labute approximate surface area is 176 Å². The van der Waals surface area contributed by atoms with E-state index >= 15 is 0 Å². The van der Waals surface area contributed by atoms with Gasteiger partial charge in [-0.2, -0.15) is 10.1 Å². The highest BCUT2D eigenvalue weighted by Crippen LogP contribution is 2.42. The second kappa shape index (κ2) is 7.51. The Hall–Kier alpha value is -3.30. The summed E-state index contributed by atoms with van der Waals surface area (Å²) in [4.78, 5) is 18.6. The Bertz CT molecular complexity index is 1220. The summed E-state index contributed by atoms with van der Waals surface area (Å²) in [5.74, 6) is 0.717. The van der Waals surface area contributed by atoms with Crippen molar-refractivity contribution in [3.63, 3.8) is 0 Å². The van der Waals surface area contributed by atoms with Gasteiger partial charge in [-0.05, 0) is 25.0 Å². The van der Waals surface area contributed by atoms with Crippen molar-refractivity contribution in [2.24, 2.45) is 7.05 Å². The molecule has 9 heteroatoms. The maximum Gasteiger partial charge on any atom is 0.274 e. The van der Waals surface area contributed by atoms with Gasteiger partial charge in [0.25, 0.3) is 11.8 Å². The lowest BCUT2D eigenvalue weighted by molar-refractivity contribution is 0.101. The molecular weight excluding hydrogens is 402 g/mol. The summed E-state index contributed by atoms with van der Waals surface area (Å²) in [6, 6.07) is 11.6. The van der Waals surface area contributed by atoms with Gasteiger partial charge in [-0.1, -0.05) is 35.5 Å². The van der Waals surface area contributed by atoms with Crippen LogP contribution in [0.1, 0.15) is 26.8 Å². The molecule has 5 rings (SSSR count). The fourth-order valence-electron chi connectivity index (χ4n) is 3.54. The standard InChI is InChI=1S/C21H19N5O3S/c1-12-22-20(29-25-12)18-14-8-9-28-11-17(14)30-21(18)23-19(27)16-10-15(24-26(16)2)13-6-4-3-5-7-13/h3-7,10H,8-9,11H2,1-2H3,(H,23,27). The number of nitrogens with one attached hydrogen (secondary N) is 1. The number of amides is 1. The predicted molar refractivity (Wildman–Crippen MR) is 112 cm³/mol. The first kappa shape index (κ1) is 18.7. The number of aryl methyl sites for hydroxylation is 2. The molecule has 30 heavy (non-hydrogen) atoms. The Balaban J connectivity index is 1.50. The lowest BCUT2D eigenvalue weighted by Crippen LogP contribution is -2.16. The normalized spacial score (nSPS) is 13.3. The Kier molecular flexibility index (Phi) is 4.68. The number of hydrogen-bond acceptors (Lipinski definition) is 7. The van der Waals surface area contributed by atoms with E-state index in [9.17, 15) is 4.79 Å². The van der Waals surface area contributed by atoms with Crippen LogP contribution < -0.4 is 5.32 Å². The highest BCUT2D eigenvalue weighted by atomic mass is 32.1. The predicted octanol–water partition coefficient (Wildman–Crippen LogP) is 3.83. The van der Waals surface area contributed by atoms with Crippen LogP contribution in [-0.2, 0) is 24.8 Å². The lowest BCUT2D eigenvalue weighted by atomic mass is 10.1. The Morgan fingerprint density at radius 1 is 1.27 bits per heavy atom. The average molecular weight is 421 g/mol. The van der Waals surface area contributed by atoms with Crippen molar-refractivity contribution < 1.29 is 14.1 Å². The molecule has 0 saturated heterocycles. The first-order valence-electron chi connectivity index (χ1n) is 9.54. The fraction of sp³-hybridized carbons (Fsp3) is 0.238. The van der Waals surface area contributed by atoms with Crippen LogP contribution in [-0.4, -0.2) is 32.4 Å². The molecule has 0 unspecified atom stereocenters. The highest BCUT2D eigenvalue weighted by Gasteiger charge is 2.27. The van der Waals surface area contributed by atoms with Gasteiger partial charge in [0.2, 0.25) is 0 Å². The third kappa shape index (κ3) is 3.31. The van der Waals surface area contributed by atoms with Crippen LogP contribution in [0.15, 0.2) is 40.9 Å². The number of anilines is 1. The van der Waals surface area contributed by atoms with E-state index in [4.69, 9.17) is 9.26 Å². The molecule has 1 aromatic carbocycles. The number of aromatic nitrogens is 4. The van der Waals surface area contributed by atoms with E-state index in [0.29, 0.717) is 35.6 Å². The number of hydrogen-bond donors (Lipinski definition) is 1. The second-order valence-corrected chi connectivity index (χ2v) is 8.12. The maximum absolute atomic E-state index is 13.1. The van der Waals surface area contributed by atoms with Gasteiger partial charge in [0.05, 0.1) is 24.5 Å². The van der Waals surface area contributed by atoms with Crippen LogP contribution in [0.3, 0.4) is 0 Å². The smallest absolute Gasteiger partial charge is 0.274 e. The number of ether oxygens (including phenoxy) is 1. The summed E-state index contributed by atoms with van der Waals surface area (Å²) in [7, 11) is 1.76. The molecule has 4 heterocycles. The number of fused-ring (bicyclic) bond motifs is 1. The van der Waals surface area contributed by atoms with Gasteiger partial charge in [0.15, 0.2) is 5.82 Å². The van der Waals surface area contributed by atoms with E-state index in [1.165, 1.54) is 11.3 Å². The molecule has 0 aliphatic carbocycles. The second-order valence-electron chi connectivity index (χ2n) is 7.02. The Morgan fingerprint density at radius 3 is 2.87 bits per heavy atom. The summed E-state index contributed by atoms with van der Waals surface area (Å²) < 4.78 is 12.6. The van der Waals surface area contributed by atoms with Crippen molar-refractivity contribution in [2.75, 3.05) is 11.9 Å². The quantitative estimate of drug-likeness (QED) is 0.538. The average Bonchev–Trinajstić information content (AvgIpc) is 3.44. The summed E-state index contributed by atoms with van der Waals surface area (Å²) >= 11 is 1.48. The molecule has 0 bridgehead atoms. The van der Waals surface area contributed by atoms with Crippen LogP contribution in [0.5, 0.6) is 0 Å². The topological polar surface area (TPSA) is 95.1 Å². The number of carbonyl (C=O) groups is 1. The number of rotatable bonds is 4. The monoisotopic (exact) mass is 421 g/mol. The highest BCUT2D eigenvalue weighted by molar-refractivity contribution is 7.17. The third-order valence-corrected chi connectivity index (χ3v) is 6.09. The Morgan fingerprint density at radius 2 is 2.10 bits per heavy atom. The van der Waals surface area contributed by atoms with Crippen molar-refractivity contribution >= 4 is 22.2 Å². The van der Waals surface area contributed by atoms with Gasteiger partial charge in [-0.25, -0.2) is 0 Å². The zero-order valence-electron chi connectivity index (χ0n) is 16.5. The molecule has 0 saturated carbocycles. The number of thiophene rings is 1. The molecule has 1 amide bonds. The molecule has 152 valence electrons. The molecule has 1 aliphatic rings. The SMILES string of the molecule is Cc1noc(-c2c(NC(=O)c3cc(-c4ccccc4)nn3C)sc3c2CCOC3)n1. The molecule has 0 fully saturated rings. The van der Waals surface area contributed by atoms with Crippen molar-refractivity contribution in [3.05, 3.63) is 58.4 Å². The number of nitrogens with zero attached hydrogens (tertiary/aromatic N) is 4. The molecule has 0 radical (unpaired) electrons. The lowest BCUT2D eigenvalue weighted by Gasteiger charge is -2.12. The zero-order chi connectivity index (χ0) is 20.7. The van der Waals surface area contributed by atoms with E-state index in [0.717, 1.165) is 33.7 Å². The molecule has 1 aliphatic heterocycles. The maximum atomic E-state index is 13.1. The van der Waals surface area contributed by atoms with Crippen molar-refractivity contribution in [1.29, 1.82) is 0 Å². The largest absolute Gasteiger partial charge is 0.376 e. The molecule has 8 nitrogen and oxygen atoms in total. The summed E-state index contributed by atoms with van der Waals surface area (Å²) in [5.41, 5.74) is 4.05. The van der Waals surface area contributed by atoms with Gasteiger partial charge in [0, 0.05) is 17.5 Å². The van der Waals surface area contributed by atoms with Gasteiger partial charge in [-0.3, -0.25) is 9.48 Å². The minimum atomic E-state index is -0.246. The van der Waals surface area contributed by atoms with Crippen molar-refractivity contribution in [1.82, 2.24) is 19.9 Å². The third-order valence-electron chi connectivity index (χ3n) is 4.97. The summed E-state index contributed by atoms with van der Waals surface area (Å²) in [5, 5.41) is 12.1. The van der Waals surface area contributed by atoms with E-state index in [2.05, 4.69) is 20.6 Å². The number of carbonyl (C=O) groups excluding carboxylic acids is 1. The van der Waals surface area contributed by atoms with Gasteiger partial charge < -0.3 is 14.6 Å². The summed E-state index contributed by atoms with van der Waals surface area (Å²) in [6.07, 6.45) is 0.738. The van der Waals surface area contributed by atoms with Crippen molar-refractivity contribution in [2.45, 2.75) is 20.0 Å². The molecule has 1 N–H and O–H groups in total. The molecule has 3 aromatic heterocycles. The summed E-state index contributed by atoms with van der Waals surface area (Å²) in [6.45, 7) is 2.91. The van der Waals surface area contributed by atoms with Crippen LogP contribution in [0.4, 0.5) is 5.00 Å². The number of benzene rings is 1. The van der Waals surface area contributed by atoms with Gasteiger partial charge in [0.1, 0.15) is 10.7 Å². The van der Waals surface area contributed by atoms with Crippen molar-refractivity contribution in [3.8, 4) is 22.7 Å². The minimum Gasteiger partial charge on any atom is -0.376 e. The first-order chi connectivity index (χ1) is 14.6. The molecule has 0 atom stereocenters. The molecule has 0 spiro atoms. The molecule has 4 aromatic rings. The van der Waals surface area contributed by atoms with E-state index in [-0.39, 0.29) is 5.91 Å². The van der Waals surface area contributed by atoms with E-state index in [1.54, 1.807) is 24.7 Å². The van der Waals surface area contributed by atoms with Crippen LogP contribution in [0, 0.1) is 6.92 Å². The fourth-order valence-corrected chi connectivity index (χ4v) is 4.71.